The molecule has 3 rings (SSSR count). The van der Waals surface area contributed by atoms with E-state index in [-0.39, 0.29) is 11.3 Å². The molecule has 0 heterocycles. The van der Waals surface area contributed by atoms with Gasteiger partial charge in [0.25, 0.3) is 5.91 Å². The molecule has 5 nitrogen and oxygen atoms in total. The molecule has 3 aromatic rings. The number of hydrogen-bond acceptors (Lipinski definition) is 4. The Morgan fingerprint density at radius 3 is 2.41 bits per heavy atom. The van der Waals surface area contributed by atoms with E-state index in [1.54, 1.807) is 12.1 Å². The van der Waals surface area contributed by atoms with Crippen LogP contribution < -0.4 is 5.32 Å². The first kappa shape index (κ1) is 19.0. The summed E-state index contributed by atoms with van der Waals surface area (Å²) < 4.78 is 5.18. The zero-order valence-corrected chi connectivity index (χ0v) is 15.7. The van der Waals surface area contributed by atoms with Gasteiger partial charge in [0.15, 0.2) is 6.10 Å². The van der Waals surface area contributed by atoms with Gasteiger partial charge in [0.05, 0.1) is 10.7 Å². The molecule has 138 valence electrons. The standard InChI is InChI=1S/C20H15Cl2NO4/c1-11(19(25)23-17-10-14(21)6-7-16(17)22)27-20(26)15-8-12-4-2-3-5-13(12)9-18(15)24/h2-11,24H,1H3,(H,23,25)/t11-/m0/s1. The third kappa shape index (κ3) is 4.32. The quantitative estimate of drug-likeness (QED) is 0.598. The number of esters is 1. The Bertz CT molecular complexity index is 1040. The minimum absolute atomic E-state index is 0.0193. The van der Waals surface area contributed by atoms with Gasteiger partial charge >= 0.3 is 5.97 Å². The van der Waals surface area contributed by atoms with E-state index in [4.69, 9.17) is 27.9 Å². The number of rotatable bonds is 4. The molecule has 0 unspecified atom stereocenters. The van der Waals surface area contributed by atoms with Gasteiger partial charge < -0.3 is 15.2 Å². The van der Waals surface area contributed by atoms with Crippen molar-refractivity contribution in [2.24, 2.45) is 0 Å². The lowest BCUT2D eigenvalue weighted by Crippen LogP contribution is -2.30. The Labute approximate surface area is 165 Å². The Balaban J connectivity index is 1.74. The molecule has 0 aliphatic rings. The van der Waals surface area contributed by atoms with Gasteiger partial charge in [-0.1, -0.05) is 47.5 Å². The van der Waals surface area contributed by atoms with Crippen molar-refractivity contribution in [3.8, 4) is 5.75 Å². The van der Waals surface area contributed by atoms with Crippen LogP contribution in [0.1, 0.15) is 17.3 Å². The predicted molar refractivity (Wildman–Crippen MR) is 106 cm³/mol. The van der Waals surface area contributed by atoms with Crippen LogP contribution >= 0.6 is 23.2 Å². The lowest BCUT2D eigenvalue weighted by molar-refractivity contribution is -0.123. The third-order valence-corrected chi connectivity index (χ3v) is 4.49. The first-order valence-electron chi connectivity index (χ1n) is 8.04. The highest BCUT2D eigenvalue weighted by atomic mass is 35.5. The Kier molecular flexibility index (Phi) is 5.54. The van der Waals surface area contributed by atoms with E-state index in [0.717, 1.165) is 10.8 Å². The van der Waals surface area contributed by atoms with Gasteiger partial charge in [0, 0.05) is 5.02 Å². The van der Waals surface area contributed by atoms with Crippen molar-refractivity contribution >= 4 is 51.5 Å². The number of fused-ring (bicyclic) bond motifs is 1. The predicted octanol–water partition coefficient (Wildman–Crippen LogP) is 5.04. The normalized spacial score (nSPS) is 11.8. The smallest absolute Gasteiger partial charge is 0.342 e. The monoisotopic (exact) mass is 403 g/mol. The molecule has 3 aromatic carbocycles. The summed E-state index contributed by atoms with van der Waals surface area (Å²) in [6, 6.07) is 14.9. The third-order valence-electron chi connectivity index (χ3n) is 3.92. The van der Waals surface area contributed by atoms with Crippen molar-refractivity contribution in [2.75, 3.05) is 5.32 Å². The molecule has 1 amide bonds. The average molecular weight is 404 g/mol. The van der Waals surface area contributed by atoms with E-state index < -0.39 is 18.0 Å². The number of aromatic hydroxyl groups is 1. The molecule has 27 heavy (non-hydrogen) atoms. The second-order valence-electron chi connectivity index (χ2n) is 5.88. The summed E-state index contributed by atoms with van der Waals surface area (Å²) in [6.07, 6.45) is -1.11. The molecule has 1 atom stereocenters. The van der Waals surface area contributed by atoms with E-state index in [1.165, 1.54) is 25.1 Å². The number of ether oxygens (including phenoxy) is 1. The van der Waals surface area contributed by atoms with Gasteiger partial charge in [-0.25, -0.2) is 4.79 Å². The number of amides is 1. The van der Waals surface area contributed by atoms with Crippen LogP contribution in [0.25, 0.3) is 10.8 Å². The summed E-state index contributed by atoms with van der Waals surface area (Å²) in [5.74, 6) is -1.60. The van der Waals surface area contributed by atoms with Crippen molar-refractivity contribution in [1.82, 2.24) is 0 Å². The molecule has 0 aromatic heterocycles. The number of phenols is 1. The summed E-state index contributed by atoms with van der Waals surface area (Å²) in [7, 11) is 0. The maximum Gasteiger partial charge on any atom is 0.342 e. The molecule has 7 heteroatoms. The fourth-order valence-corrected chi connectivity index (χ4v) is 2.83. The number of anilines is 1. The van der Waals surface area contributed by atoms with Crippen molar-refractivity contribution in [2.45, 2.75) is 13.0 Å². The lowest BCUT2D eigenvalue weighted by Gasteiger charge is -2.15. The molecule has 0 aliphatic carbocycles. The Morgan fingerprint density at radius 1 is 1.04 bits per heavy atom. The number of hydrogen-bond donors (Lipinski definition) is 2. The second-order valence-corrected chi connectivity index (χ2v) is 6.72. The number of halogens is 2. The topological polar surface area (TPSA) is 75.6 Å². The minimum atomic E-state index is -1.11. The number of phenolic OH excluding ortho intramolecular Hbond substituents is 1. The summed E-state index contributed by atoms with van der Waals surface area (Å²) in [6.45, 7) is 1.42. The van der Waals surface area contributed by atoms with Crippen molar-refractivity contribution < 1.29 is 19.4 Å². The molecule has 0 spiro atoms. The number of carbonyl (C=O) groups excluding carboxylic acids is 2. The summed E-state index contributed by atoms with van der Waals surface area (Å²) in [5, 5.41) is 14.9. The molecule has 0 saturated carbocycles. The Morgan fingerprint density at radius 2 is 1.70 bits per heavy atom. The highest BCUT2D eigenvalue weighted by Crippen LogP contribution is 2.27. The summed E-state index contributed by atoms with van der Waals surface area (Å²) in [5.41, 5.74) is 0.291. The number of benzene rings is 3. The molecule has 0 bridgehead atoms. The zero-order valence-electron chi connectivity index (χ0n) is 14.2. The fraction of sp³-hybridized carbons (Fsp3) is 0.100. The largest absolute Gasteiger partial charge is 0.507 e. The van der Waals surface area contributed by atoms with Crippen molar-refractivity contribution in [1.29, 1.82) is 0 Å². The Hall–Kier alpha value is -2.76. The van der Waals surface area contributed by atoms with Gasteiger partial charge in [-0.15, -0.1) is 0 Å². The first-order valence-corrected chi connectivity index (χ1v) is 8.79. The summed E-state index contributed by atoms with van der Waals surface area (Å²) >= 11 is 11.9. The van der Waals surface area contributed by atoms with Crippen LogP contribution in [0.2, 0.25) is 10.0 Å². The zero-order chi connectivity index (χ0) is 19.6. The molecular formula is C20H15Cl2NO4. The maximum atomic E-state index is 12.4. The highest BCUT2D eigenvalue weighted by molar-refractivity contribution is 6.35. The van der Waals surface area contributed by atoms with Gasteiger partial charge in [-0.05, 0) is 48.0 Å². The molecule has 0 saturated heterocycles. The SMILES string of the molecule is C[C@H](OC(=O)c1cc2ccccc2cc1O)C(=O)Nc1cc(Cl)ccc1Cl. The van der Waals surface area contributed by atoms with Gasteiger partial charge in [0.1, 0.15) is 11.3 Å². The van der Waals surface area contributed by atoms with E-state index >= 15 is 0 Å². The van der Waals surface area contributed by atoms with Crippen LogP contribution in [-0.2, 0) is 9.53 Å². The van der Waals surface area contributed by atoms with Gasteiger partial charge in [-0.2, -0.15) is 0 Å². The van der Waals surface area contributed by atoms with Crippen molar-refractivity contribution in [3.63, 3.8) is 0 Å². The first-order chi connectivity index (χ1) is 12.8. The molecule has 0 aliphatic heterocycles. The van der Waals surface area contributed by atoms with Crippen LogP contribution in [0, 0.1) is 0 Å². The van der Waals surface area contributed by atoms with Crippen LogP contribution in [0.15, 0.2) is 54.6 Å². The fourth-order valence-electron chi connectivity index (χ4n) is 2.50. The van der Waals surface area contributed by atoms with Gasteiger partial charge in [-0.3, -0.25) is 4.79 Å². The van der Waals surface area contributed by atoms with E-state index in [2.05, 4.69) is 5.32 Å². The minimum Gasteiger partial charge on any atom is -0.507 e. The number of nitrogens with one attached hydrogen (secondary N) is 1. The average Bonchev–Trinajstić information content (AvgIpc) is 2.63. The number of carbonyl (C=O) groups is 2. The van der Waals surface area contributed by atoms with E-state index in [9.17, 15) is 14.7 Å². The molecule has 2 N–H and O–H groups in total. The van der Waals surface area contributed by atoms with Crippen LogP contribution in [0.4, 0.5) is 5.69 Å². The summed E-state index contributed by atoms with van der Waals surface area (Å²) in [4.78, 5) is 24.7. The highest BCUT2D eigenvalue weighted by Gasteiger charge is 2.22. The molecule has 0 radical (unpaired) electrons. The maximum absolute atomic E-state index is 12.4. The van der Waals surface area contributed by atoms with Crippen LogP contribution in [0.3, 0.4) is 0 Å². The second kappa shape index (κ2) is 7.86. The van der Waals surface area contributed by atoms with E-state index in [0.29, 0.717) is 15.7 Å². The van der Waals surface area contributed by atoms with Crippen LogP contribution in [0.5, 0.6) is 5.75 Å². The van der Waals surface area contributed by atoms with Gasteiger partial charge in [0.2, 0.25) is 0 Å². The van der Waals surface area contributed by atoms with Crippen LogP contribution in [-0.4, -0.2) is 23.1 Å². The van der Waals surface area contributed by atoms with Crippen molar-refractivity contribution in [3.05, 3.63) is 70.2 Å². The lowest BCUT2D eigenvalue weighted by atomic mass is 10.1. The van der Waals surface area contributed by atoms with E-state index in [1.807, 2.05) is 24.3 Å². The molecule has 0 fully saturated rings. The molecular weight excluding hydrogens is 389 g/mol.